The Morgan fingerprint density at radius 1 is 1.29 bits per heavy atom. The molecule has 1 spiro atoms. The molecule has 1 aliphatic heterocycles. The zero-order valence-electron chi connectivity index (χ0n) is 15.8. The van der Waals surface area contributed by atoms with Crippen molar-refractivity contribution in [2.24, 2.45) is 5.41 Å². The van der Waals surface area contributed by atoms with Crippen LogP contribution in [0, 0.1) is 5.41 Å². The molecule has 1 saturated heterocycles. The number of carbonyl (C=O) groups excluding carboxylic acids is 2. The van der Waals surface area contributed by atoms with Gasteiger partial charge in [0.05, 0.1) is 6.54 Å². The molecule has 6 nitrogen and oxygen atoms in total. The Balaban J connectivity index is 1.90. The van der Waals surface area contributed by atoms with Crippen molar-refractivity contribution in [2.45, 2.75) is 78.0 Å². The fourth-order valence-corrected chi connectivity index (χ4v) is 3.69. The van der Waals surface area contributed by atoms with E-state index in [1.165, 1.54) is 6.42 Å². The zero-order valence-corrected chi connectivity index (χ0v) is 15.8. The first-order chi connectivity index (χ1) is 11.1. The highest BCUT2D eigenvalue weighted by molar-refractivity contribution is 5.78. The SMILES string of the molecule is CC(C)NC(=O)CNC1CCN(C(=O)OC(C)(C)C)CC12CCC2. The lowest BCUT2D eigenvalue weighted by Crippen LogP contribution is -2.62. The second-order valence-electron chi connectivity index (χ2n) is 8.56. The van der Waals surface area contributed by atoms with Gasteiger partial charge < -0.3 is 20.3 Å². The number of nitrogens with zero attached hydrogens (tertiary/aromatic N) is 1. The van der Waals surface area contributed by atoms with E-state index in [0.29, 0.717) is 19.1 Å². The molecule has 1 saturated carbocycles. The van der Waals surface area contributed by atoms with Crippen LogP contribution < -0.4 is 10.6 Å². The maximum Gasteiger partial charge on any atom is 0.410 e. The zero-order chi connectivity index (χ0) is 18.0. The van der Waals surface area contributed by atoms with E-state index < -0.39 is 5.60 Å². The summed E-state index contributed by atoms with van der Waals surface area (Å²) in [4.78, 5) is 26.1. The van der Waals surface area contributed by atoms with Crippen molar-refractivity contribution in [2.75, 3.05) is 19.6 Å². The Hall–Kier alpha value is -1.30. The highest BCUT2D eigenvalue weighted by Gasteiger charge is 2.49. The van der Waals surface area contributed by atoms with Crippen molar-refractivity contribution in [1.82, 2.24) is 15.5 Å². The first kappa shape index (κ1) is 19.0. The van der Waals surface area contributed by atoms with Crippen LogP contribution in [-0.4, -0.2) is 54.2 Å². The number of likely N-dealkylation sites (tertiary alicyclic amines) is 1. The number of piperidine rings is 1. The molecule has 0 radical (unpaired) electrons. The molecule has 24 heavy (non-hydrogen) atoms. The largest absolute Gasteiger partial charge is 0.444 e. The standard InChI is InChI=1S/C18H33N3O3/c1-13(2)20-15(22)11-19-14-7-10-21(12-18(14)8-6-9-18)16(23)24-17(3,4)5/h13-14,19H,6-12H2,1-5H3,(H,20,22). The predicted molar refractivity (Wildman–Crippen MR) is 93.8 cm³/mol. The monoisotopic (exact) mass is 339 g/mol. The molecule has 2 rings (SSSR count). The number of rotatable bonds is 4. The molecule has 0 bridgehead atoms. The topological polar surface area (TPSA) is 70.7 Å². The molecular weight excluding hydrogens is 306 g/mol. The summed E-state index contributed by atoms with van der Waals surface area (Å²) in [7, 11) is 0. The van der Waals surface area contributed by atoms with Crippen molar-refractivity contribution in [3.8, 4) is 0 Å². The number of ether oxygens (including phenoxy) is 1. The van der Waals surface area contributed by atoms with Gasteiger partial charge in [-0.3, -0.25) is 4.79 Å². The van der Waals surface area contributed by atoms with E-state index in [4.69, 9.17) is 4.74 Å². The van der Waals surface area contributed by atoms with Crippen molar-refractivity contribution in [3.63, 3.8) is 0 Å². The number of amides is 2. The fraction of sp³-hybridized carbons (Fsp3) is 0.889. The summed E-state index contributed by atoms with van der Waals surface area (Å²) in [5.41, 5.74) is -0.360. The molecular formula is C18H33N3O3. The van der Waals surface area contributed by atoms with Crippen molar-refractivity contribution >= 4 is 12.0 Å². The lowest BCUT2D eigenvalue weighted by atomic mass is 9.61. The molecule has 1 heterocycles. The van der Waals surface area contributed by atoms with Gasteiger partial charge in [0, 0.05) is 30.6 Å². The van der Waals surface area contributed by atoms with Gasteiger partial charge in [-0.2, -0.15) is 0 Å². The van der Waals surface area contributed by atoms with Crippen LogP contribution >= 0.6 is 0 Å². The summed E-state index contributed by atoms with van der Waals surface area (Å²) in [5, 5.41) is 6.35. The van der Waals surface area contributed by atoms with E-state index in [0.717, 1.165) is 25.8 Å². The predicted octanol–water partition coefficient (Wildman–Crippen LogP) is 2.28. The lowest BCUT2D eigenvalue weighted by Gasteiger charge is -2.53. The Kier molecular flexibility index (Phi) is 5.78. The van der Waals surface area contributed by atoms with Gasteiger partial charge in [0.25, 0.3) is 0 Å². The minimum Gasteiger partial charge on any atom is -0.444 e. The van der Waals surface area contributed by atoms with Crippen LogP contribution in [0.2, 0.25) is 0 Å². The lowest BCUT2D eigenvalue weighted by molar-refractivity contribution is -0.121. The third kappa shape index (κ3) is 4.85. The highest BCUT2D eigenvalue weighted by Crippen LogP contribution is 2.47. The first-order valence-corrected chi connectivity index (χ1v) is 9.12. The molecule has 0 aromatic rings. The minimum atomic E-state index is -0.464. The fourth-order valence-electron chi connectivity index (χ4n) is 3.69. The smallest absolute Gasteiger partial charge is 0.410 e. The Bertz CT molecular complexity index is 467. The molecule has 2 fully saturated rings. The van der Waals surface area contributed by atoms with E-state index in [9.17, 15) is 9.59 Å². The average Bonchev–Trinajstić information content (AvgIpc) is 2.40. The molecule has 0 aromatic heterocycles. The van der Waals surface area contributed by atoms with Crippen LogP contribution in [0.25, 0.3) is 0 Å². The van der Waals surface area contributed by atoms with E-state index in [1.807, 2.05) is 39.5 Å². The number of carbonyl (C=O) groups is 2. The van der Waals surface area contributed by atoms with Gasteiger partial charge in [0.15, 0.2) is 0 Å². The third-order valence-electron chi connectivity index (χ3n) is 4.89. The molecule has 1 unspecified atom stereocenters. The summed E-state index contributed by atoms with van der Waals surface area (Å²) in [6, 6.07) is 0.453. The van der Waals surface area contributed by atoms with Gasteiger partial charge in [0.2, 0.25) is 5.91 Å². The summed E-state index contributed by atoms with van der Waals surface area (Å²) in [6.07, 6.45) is 4.06. The van der Waals surface area contributed by atoms with E-state index in [-0.39, 0.29) is 23.5 Å². The summed E-state index contributed by atoms with van der Waals surface area (Å²) < 4.78 is 5.52. The van der Waals surface area contributed by atoms with Crippen LogP contribution in [0.3, 0.4) is 0 Å². The average molecular weight is 339 g/mol. The van der Waals surface area contributed by atoms with Crippen LogP contribution in [0.4, 0.5) is 4.79 Å². The highest BCUT2D eigenvalue weighted by atomic mass is 16.6. The molecule has 2 N–H and O–H groups in total. The van der Waals surface area contributed by atoms with Gasteiger partial charge >= 0.3 is 6.09 Å². The Morgan fingerprint density at radius 2 is 1.96 bits per heavy atom. The molecule has 1 aliphatic carbocycles. The molecule has 2 aliphatic rings. The molecule has 6 heteroatoms. The Labute approximate surface area is 145 Å². The normalized spacial score (nSPS) is 23.1. The summed E-state index contributed by atoms with van der Waals surface area (Å²) in [6.45, 7) is 11.4. The molecule has 2 amide bonds. The van der Waals surface area contributed by atoms with E-state index in [2.05, 4.69) is 10.6 Å². The van der Waals surface area contributed by atoms with Crippen LogP contribution in [0.15, 0.2) is 0 Å². The third-order valence-corrected chi connectivity index (χ3v) is 4.89. The van der Waals surface area contributed by atoms with Crippen molar-refractivity contribution < 1.29 is 14.3 Å². The number of hydrogen-bond acceptors (Lipinski definition) is 4. The van der Waals surface area contributed by atoms with Gasteiger partial charge in [0.1, 0.15) is 5.60 Å². The number of nitrogens with one attached hydrogen (secondary N) is 2. The maximum absolute atomic E-state index is 12.4. The second-order valence-corrected chi connectivity index (χ2v) is 8.56. The van der Waals surface area contributed by atoms with Crippen molar-refractivity contribution in [1.29, 1.82) is 0 Å². The number of hydrogen-bond donors (Lipinski definition) is 2. The van der Waals surface area contributed by atoms with Crippen LogP contribution in [0.1, 0.15) is 60.3 Å². The second kappa shape index (κ2) is 7.30. The van der Waals surface area contributed by atoms with Gasteiger partial charge in [-0.1, -0.05) is 6.42 Å². The molecule has 1 atom stereocenters. The minimum absolute atomic E-state index is 0.0362. The van der Waals surface area contributed by atoms with E-state index >= 15 is 0 Å². The Morgan fingerprint density at radius 3 is 2.46 bits per heavy atom. The summed E-state index contributed by atoms with van der Waals surface area (Å²) in [5.74, 6) is 0.0362. The van der Waals surface area contributed by atoms with Gasteiger partial charge in [-0.15, -0.1) is 0 Å². The van der Waals surface area contributed by atoms with Crippen LogP contribution in [-0.2, 0) is 9.53 Å². The van der Waals surface area contributed by atoms with Crippen LogP contribution in [0.5, 0.6) is 0 Å². The van der Waals surface area contributed by atoms with E-state index in [1.54, 1.807) is 0 Å². The maximum atomic E-state index is 12.4. The first-order valence-electron chi connectivity index (χ1n) is 9.12. The quantitative estimate of drug-likeness (QED) is 0.824. The van der Waals surface area contributed by atoms with Crippen molar-refractivity contribution in [3.05, 3.63) is 0 Å². The molecule has 138 valence electrons. The van der Waals surface area contributed by atoms with Gasteiger partial charge in [-0.25, -0.2) is 4.79 Å². The summed E-state index contributed by atoms with van der Waals surface area (Å²) >= 11 is 0. The van der Waals surface area contributed by atoms with Gasteiger partial charge in [-0.05, 0) is 53.9 Å². The molecule has 0 aromatic carbocycles.